The summed E-state index contributed by atoms with van der Waals surface area (Å²) in [4.78, 5) is 16.8. The predicted molar refractivity (Wildman–Crippen MR) is 106 cm³/mol. The largest absolute Gasteiger partial charge is 0.309 e. The number of hydrogen-bond donors (Lipinski definition) is 3. The summed E-state index contributed by atoms with van der Waals surface area (Å²) in [7, 11) is 0. The van der Waals surface area contributed by atoms with Crippen LogP contribution in [0.5, 0.6) is 0 Å². The van der Waals surface area contributed by atoms with Crippen LogP contribution in [-0.4, -0.2) is 28.6 Å². The topological polar surface area (TPSA) is 82.2 Å². The molecule has 2 aromatic carbocycles. The molecule has 0 fully saturated rings. The van der Waals surface area contributed by atoms with Crippen molar-refractivity contribution in [2.75, 3.05) is 11.9 Å². The second-order valence-corrected chi connectivity index (χ2v) is 6.51. The molecule has 9 heteroatoms. The number of guanidine groups is 1. The van der Waals surface area contributed by atoms with Crippen LogP contribution in [0.15, 0.2) is 41.4 Å². The van der Waals surface area contributed by atoms with Crippen LogP contribution < -0.4 is 10.6 Å². The van der Waals surface area contributed by atoms with Crippen molar-refractivity contribution >= 4 is 51.8 Å². The smallest absolute Gasteiger partial charge is 0.258 e. The van der Waals surface area contributed by atoms with E-state index in [1.807, 2.05) is 6.92 Å². The lowest BCUT2D eigenvalue weighted by molar-refractivity contribution is 0.0977. The van der Waals surface area contributed by atoms with Gasteiger partial charge in [-0.05, 0) is 42.8 Å². The van der Waals surface area contributed by atoms with Crippen LogP contribution in [0.2, 0.25) is 10.0 Å². The number of anilines is 1. The average Bonchev–Trinajstić information content (AvgIpc) is 3.03. The maximum absolute atomic E-state index is 13.3. The van der Waals surface area contributed by atoms with Gasteiger partial charge in [-0.25, -0.2) is 4.39 Å². The first kappa shape index (κ1) is 19.1. The Morgan fingerprint density at radius 1 is 1.22 bits per heavy atom. The van der Waals surface area contributed by atoms with E-state index in [4.69, 9.17) is 23.2 Å². The Labute approximate surface area is 164 Å². The number of nitrogens with zero attached hydrogens (tertiary/aromatic N) is 2. The molecular weight excluding hydrogens is 392 g/mol. The molecule has 0 bridgehead atoms. The van der Waals surface area contributed by atoms with Crippen molar-refractivity contribution in [2.45, 2.75) is 13.3 Å². The van der Waals surface area contributed by atoms with Crippen LogP contribution in [0.3, 0.4) is 0 Å². The molecule has 0 saturated carbocycles. The zero-order chi connectivity index (χ0) is 19.4. The summed E-state index contributed by atoms with van der Waals surface area (Å²) in [6, 6.07) is 8.85. The van der Waals surface area contributed by atoms with Crippen LogP contribution in [0.4, 0.5) is 10.2 Å². The summed E-state index contributed by atoms with van der Waals surface area (Å²) in [5, 5.41) is 13.8. The summed E-state index contributed by atoms with van der Waals surface area (Å²) < 4.78 is 13.3. The number of fused-ring (bicyclic) bond motifs is 1. The van der Waals surface area contributed by atoms with Crippen molar-refractivity contribution in [1.82, 2.24) is 15.5 Å². The molecule has 0 radical (unpaired) electrons. The molecule has 0 aliphatic heterocycles. The molecule has 3 aromatic rings. The lowest BCUT2D eigenvalue weighted by atomic mass is 10.2. The summed E-state index contributed by atoms with van der Waals surface area (Å²) in [5.74, 6) is -0.118. The second kappa shape index (κ2) is 8.37. The quantitative estimate of drug-likeness (QED) is 0.435. The van der Waals surface area contributed by atoms with Crippen molar-refractivity contribution in [3.63, 3.8) is 0 Å². The molecule has 1 amide bonds. The van der Waals surface area contributed by atoms with Crippen molar-refractivity contribution in [3.8, 4) is 0 Å². The van der Waals surface area contributed by atoms with Crippen molar-refractivity contribution in [3.05, 3.63) is 57.8 Å². The Kier molecular flexibility index (Phi) is 5.93. The number of H-pyrrole nitrogens is 1. The standard InChI is InChI=1S/C18H16Cl2FN5O/c1-2-7-22-18(24-17(27)10-3-6-13(19)14(20)8-10)23-16-12-5-4-11(21)9-15(12)25-26-16/h3-6,8-9H,2,7H2,1H3,(H3,22,23,24,25,26,27). The number of nitrogens with one attached hydrogen (secondary N) is 3. The lowest BCUT2D eigenvalue weighted by Gasteiger charge is -2.11. The molecule has 140 valence electrons. The van der Waals surface area contributed by atoms with Gasteiger partial charge in [-0.2, -0.15) is 5.10 Å². The summed E-state index contributed by atoms with van der Waals surface area (Å²) in [6.07, 6.45) is 0.792. The molecule has 0 spiro atoms. The molecule has 27 heavy (non-hydrogen) atoms. The Balaban J connectivity index is 1.83. The van der Waals surface area contributed by atoms with Gasteiger partial charge >= 0.3 is 0 Å². The van der Waals surface area contributed by atoms with E-state index in [9.17, 15) is 9.18 Å². The number of benzene rings is 2. The van der Waals surface area contributed by atoms with E-state index in [2.05, 4.69) is 25.8 Å². The van der Waals surface area contributed by atoms with E-state index in [0.29, 0.717) is 33.9 Å². The van der Waals surface area contributed by atoms with Gasteiger partial charge in [-0.1, -0.05) is 30.1 Å². The zero-order valence-electron chi connectivity index (χ0n) is 14.3. The molecule has 1 aromatic heterocycles. The number of amides is 1. The van der Waals surface area contributed by atoms with Gasteiger partial charge in [0.25, 0.3) is 5.91 Å². The molecule has 0 saturated heterocycles. The molecule has 6 nitrogen and oxygen atoms in total. The Bertz CT molecular complexity index is 1020. The van der Waals surface area contributed by atoms with E-state index in [1.54, 1.807) is 18.2 Å². The van der Waals surface area contributed by atoms with Gasteiger partial charge in [-0.15, -0.1) is 0 Å². The Hall–Kier alpha value is -2.64. The van der Waals surface area contributed by atoms with E-state index < -0.39 is 5.91 Å². The fourth-order valence-electron chi connectivity index (χ4n) is 2.35. The number of aromatic nitrogens is 2. The minimum Gasteiger partial charge on any atom is -0.309 e. The van der Waals surface area contributed by atoms with E-state index >= 15 is 0 Å². The highest BCUT2D eigenvalue weighted by atomic mass is 35.5. The fourth-order valence-corrected chi connectivity index (χ4v) is 2.65. The first-order valence-corrected chi connectivity index (χ1v) is 8.95. The van der Waals surface area contributed by atoms with Gasteiger partial charge in [0, 0.05) is 17.5 Å². The highest BCUT2D eigenvalue weighted by Crippen LogP contribution is 2.23. The van der Waals surface area contributed by atoms with Crippen LogP contribution in [0.1, 0.15) is 23.7 Å². The molecule has 0 unspecified atom stereocenters. The van der Waals surface area contributed by atoms with Gasteiger partial charge in [0.1, 0.15) is 5.82 Å². The van der Waals surface area contributed by atoms with E-state index in [-0.39, 0.29) is 16.8 Å². The van der Waals surface area contributed by atoms with Gasteiger partial charge in [0.2, 0.25) is 5.96 Å². The normalized spacial score (nSPS) is 11.6. The third-order valence-corrected chi connectivity index (χ3v) is 4.41. The van der Waals surface area contributed by atoms with Gasteiger partial charge in [0.05, 0.1) is 15.6 Å². The van der Waals surface area contributed by atoms with E-state index in [1.165, 1.54) is 18.2 Å². The summed E-state index contributed by atoms with van der Waals surface area (Å²) in [6.45, 7) is 2.47. The molecule has 3 N–H and O–H groups in total. The Morgan fingerprint density at radius 2 is 2.04 bits per heavy atom. The lowest BCUT2D eigenvalue weighted by Crippen LogP contribution is -2.36. The number of aromatic amines is 1. The zero-order valence-corrected chi connectivity index (χ0v) is 15.8. The van der Waals surface area contributed by atoms with Crippen molar-refractivity contribution in [2.24, 2.45) is 4.99 Å². The average molecular weight is 408 g/mol. The third kappa shape index (κ3) is 4.56. The number of aliphatic imine (C=N–C) groups is 1. The van der Waals surface area contributed by atoms with Crippen LogP contribution in [-0.2, 0) is 0 Å². The number of carbonyl (C=O) groups excluding carboxylic acids is 1. The molecule has 0 aliphatic carbocycles. The minimum absolute atomic E-state index is 0.227. The number of halogens is 3. The maximum Gasteiger partial charge on any atom is 0.258 e. The van der Waals surface area contributed by atoms with E-state index in [0.717, 1.165) is 6.42 Å². The SMILES string of the molecule is CCCN=C(NC(=O)c1ccc(Cl)c(Cl)c1)Nc1n[nH]c2cc(F)ccc12. The second-order valence-electron chi connectivity index (χ2n) is 5.70. The van der Waals surface area contributed by atoms with Gasteiger partial charge in [0.15, 0.2) is 5.82 Å². The molecule has 0 aliphatic rings. The minimum atomic E-state index is -0.401. The van der Waals surface area contributed by atoms with Gasteiger partial charge in [-0.3, -0.25) is 20.2 Å². The Morgan fingerprint density at radius 3 is 2.78 bits per heavy atom. The van der Waals surface area contributed by atoms with Crippen molar-refractivity contribution < 1.29 is 9.18 Å². The first-order chi connectivity index (χ1) is 13.0. The van der Waals surface area contributed by atoms with Crippen LogP contribution in [0, 0.1) is 5.82 Å². The first-order valence-electron chi connectivity index (χ1n) is 8.19. The number of rotatable bonds is 4. The third-order valence-electron chi connectivity index (χ3n) is 3.67. The predicted octanol–water partition coefficient (Wildman–Crippen LogP) is 4.62. The molecule has 0 atom stereocenters. The molecule has 1 heterocycles. The summed E-state index contributed by atoms with van der Waals surface area (Å²) >= 11 is 11.9. The highest BCUT2D eigenvalue weighted by molar-refractivity contribution is 6.42. The molecule has 3 rings (SSSR count). The van der Waals surface area contributed by atoms with Crippen molar-refractivity contribution in [1.29, 1.82) is 0 Å². The number of hydrogen-bond acceptors (Lipinski definition) is 3. The summed E-state index contributed by atoms with van der Waals surface area (Å²) in [5.41, 5.74) is 0.868. The monoisotopic (exact) mass is 407 g/mol. The highest BCUT2D eigenvalue weighted by Gasteiger charge is 2.13. The number of carbonyl (C=O) groups is 1. The maximum atomic E-state index is 13.3. The van der Waals surface area contributed by atoms with Gasteiger partial charge < -0.3 is 5.32 Å². The van der Waals surface area contributed by atoms with Crippen LogP contribution >= 0.6 is 23.2 Å². The molecular formula is C18H16Cl2FN5O. The fraction of sp³-hybridized carbons (Fsp3) is 0.167. The van der Waals surface area contributed by atoms with Crippen LogP contribution in [0.25, 0.3) is 10.9 Å².